The van der Waals surface area contributed by atoms with Gasteiger partial charge in [-0.15, -0.1) is 11.3 Å². The molecule has 3 nitrogen and oxygen atoms in total. The lowest BCUT2D eigenvalue weighted by molar-refractivity contribution is 0.432. The zero-order chi connectivity index (χ0) is 14.3. The second kappa shape index (κ2) is 5.35. The van der Waals surface area contributed by atoms with E-state index in [9.17, 15) is 8.42 Å². The van der Waals surface area contributed by atoms with Gasteiger partial charge in [-0.25, -0.2) is 8.42 Å². The predicted molar refractivity (Wildman–Crippen MR) is 81.9 cm³/mol. The summed E-state index contributed by atoms with van der Waals surface area (Å²) < 4.78 is 23.5. The average molecular weight is 322 g/mol. The van der Waals surface area contributed by atoms with Crippen LogP contribution in [-0.2, 0) is 16.3 Å². The lowest BCUT2D eigenvalue weighted by Gasteiger charge is -2.29. The maximum absolute atomic E-state index is 11.7. The van der Waals surface area contributed by atoms with E-state index in [1.54, 1.807) is 25.2 Å². The second-order valence-electron chi connectivity index (χ2n) is 5.79. The third-order valence-corrected chi connectivity index (χ3v) is 7.35. The molecule has 0 fully saturated rings. The molecule has 0 aliphatic heterocycles. The molecule has 1 heterocycles. The minimum atomic E-state index is -3.06. The summed E-state index contributed by atoms with van der Waals surface area (Å²) in [4.78, 5) is 1.34. The Labute approximate surface area is 124 Å². The molecule has 1 aromatic rings. The Bertz CT molecular complexity index is 563. The van der Waals surface area contributed by atoms with Gasteiger partial charge in [-0.2, -0.15) is 0 Å². The number of halogens is 1. The highest BCUT2D eigenvalue weighted by Crippen LogP contribution is 2.38. The van der Waals surface area contributed by atoms with Gasteiger partial charge in [0, 0.05) is 23.7 Å². The van der Waals surface area contributed by atoms with Gasteiger partial charge < -0.3 is 5.32 Å². The summed E-state index contributed by atoms with van der Waals surface area (Å²) in [6.45, 7) is 3.99. The van der Waals surface area contributed by atoms with Crippen molar-refractivity contribution in [1.29, 1.82) is 0 Å². The smallest absolute Gasteiger partial charge is 0.153 e. The van der Waals surface area contributed by atoms with E-state index in [2.05, 4.69) is 5.32 Å². The SMILES string of the molecule is CC(C)(CNC1CCCc2sc(Cl)cc21)S(C)(=O)=O. The summed E-state index contributed by atoms with van der Waals surface area (Å²) in [6, 6.07) is 2.25. The van der Waals surface area contributed by atoms with E-state index in [4.69, 9.17) is 11.6 Å². The molecule has 1 aliphatic carbocycles. The fourth-order valence-electron chi connectivity index (χ4n) is 2.23. The zero-order valence-electron chi connectivity index (χ0n) is 11.5. The Morgan fingerprint density at radius 1 is 1.53 bits per heavy atom. The molecule has 1 N–H and O–H groups in total. The van der Waals surface area contributed by atoms with Crippen LogP contribution in [0, 0.1) is 0 Å². The molecule has 1 unspecified atom stereocenters. The van der Waals surface area contributed by atoms with Crippen molar-refractivity contribution < 1.29 is 8.42 Å². The van der Waals surface area contributed by atoms with Crippen molar-refractivity contribution in [3.05, 3.63) is 20.8 Å². The van der Waals surface area contributed by atoms with Crippen LogP contribution in [0.25, 0.3) is 0 Å². The van der Waals surface area contributed by atoms with Gasteiger partial charge in [0.15, 0.2) is 9.84 Å². The number of aryl methyl sites for hydroxylation is 1. The number of nitrogens with one attached hydrogen (secondary N) is 1. The third-order valence-electron chi connectivity index (χ3n) is 3.86. The van der Waals surface area contributed by atoms with E-state index < -0.39 is 14.6 Å². The summed E-state index contributed by atoms with van der Waals surface area (Å²) in [5, 5.41) is 3.41. The van der Waals surface area contributed by atoms with Gasteiger partial charge in [0.25, 0.3) is 0 Å². The second-order valence-corrected chi connectivity index (χ2v) is 10.2. The van der Waals surface area contributed by atoms with Gasteiger partial charge >= 0.3 is 0 Å². The molecule has 108 valence electrons. The lowest BCUT2D eigenvalue weighted by atomic mass is 9.93. The van der Waals surface area contributed by atoms with Crippen LogP contribution >= 0.6 is 22.9 Å². The first-order chi connectivity index (χ1) is 8.71. The lowest BCUT2D eigenvalue weighted by Crippen LogP contribution is -2.43. The molecule has 0 bridgehead atoms. The number of sulfone groups is 1. The van der Waals surface area contributed by atoms with Crippen molar-refractivity contribution in [1.82, 2.24) is 5.32 Å². The minimum absolute atomic E-state index is 0.230. The zero-order valence-corrected chi connectivity index (χ0v) is 13.9. The number of fused-ring (bicyclic) bond motifs is 1. The molecule has 0 saturated carbocycles. The number of rotatable bonds is 4. The van der Waals surface area contributed by atoms with Crippen molar-refractivity contribution >= 4 is 32.8 Å². The standard InChI is InChI=1S/C13H20ClNO2S2/c1-13(2,19(3,16)17)8-15-10-5-4-6-11-9(10)7-12(14)18-11/h7,10,15H,4-6,8H2,1-3H3. The maximum atomic E-state index is 11.7. The van der Waals surface area contributed by atoms with Gasteiger partial charge in [-0.1, -0.05) is 11.6 Å². The van der Waals surface area contributed by atoms with E-state index >= 15 is 0 Å². The molecule has 1 aromatic heterocycles. The molecule has 6 heteroatoms. The quantitative estimate of drug-likeness (QED) is 0.926. The summed E-state index contributed by atoms with van der Waals surface area (Å²) >= 11 is 7.71. The predicted octanol–water partition coefficient (Wildman–Crippen LogP) is 3.19. The van der Waals surface area contributed by atoms with Crippen LogP contribution in [0.4, 0.5) is 0 Å². The largest absolute Gasteiger partial charge is 0.308 e. The summed E-state index contributed by atoms with van der Waals surface area (Å²) in [6.07, 6.45) is 4.55. The van der Waals surface area contributed by atoms with Gasteiger partial charge in [0.2, 0.25) is 0 Å². The Morgan fingerprint density at radius 2 is 2.21 bits per heavy atom. The van der Waals surface area contributed by atoms with Crippen LogP contribution in [0.2, 0.25) is 4.34 Å². The van der Waals surface area contributed by atoms with E-state index in [-0.39, 0.29) is 6.04 Å². The normalized spacial score (nSPS) is 20.3. The van der Waals surface area contributed by atoms with E-state index in [0.717, 1.165) is 23.6 Å². The average Bonchev–Trinajstić information content (AvgIpc) is 2.65. The topological polar surface area (TPSA) is 46.2 Å². The number of thiophene rings is 1. The molecular formula is C13H20ClNO2S2. The molecule has 0 saturated heterocycles. The van der Waals surface area contributed by atoms with Gasteiger partial charge in [0.05, 0.1) is 9.08 Å². The van der Waals surface area contributed by atoms with Crippen molar-refractivity contribution in [2.45, 2.75) is 43.9 Å². The van der Waals surface area contributed by atoms with E-state index in [1.807, 2.05) is 6.07 Å². The monoisotopic (exact) mass is 321 g/mol. The Balaban J connectivity index is 2.10. The minimum Gasteiger partial charge on any atom is -0.308 e. The molecule has 0 spiro atoms. The highest BCUT2D eigenvalue weighted by atomic mass is 35.5. The van der Waals surface area contributed by atoms with Crippen LogP contribution in [0.5, 0.6) is 0 Å². The Hall–Kier alpha value is -0.100. The summed E-state index contributed by atoms with van der Waals surface area (Å²) in [5.74, 6) is 0. The molecule has 2 rings (SSSR count). The highest BCUT2D eigenvalue weighted by Gasteiger charge is 2.32. The van der Waals surface area contributed by atoms with Gasteiger partial charge in [0.1, 0.15) is 0 Å². The first kappa shape index (κ1) is 15.3. The fourth-order valence-corrected chi connectivity index (χ4v) is 3.96. The molecular weight excluding hydrogens is 302 g/mol. The van der Waals surface area contributed by atoms with Crippen LogP contribution < -0.4 is 5.32 Å². The van der Waals surface area contributed by atoms with Crippen molar-refractivity contribution in [3.8, 4) is 0 Å². The van der Waals surface area contributed by atoms with Crippen LogP contribution in [0.1, 0.15) is 43.2 Å². The van der Waals surface area contributed by atoms with E-state index in [0.29, 0.717) is 6.54 Å². The molecule has 1 atom stereocenters. The fraction of sp³-hybridized carbons (Fsp3) is 0.692. The molecule has 19 heavy (non-hydrogen) atoms. The summed E-state index contributed by atoms with van der Waals surface area (Å²) in [5.41, 5.74) is 1.26. The van der Waals surface area contributed by atoms with Crippen LogP contribution in [-0.4, -0.2) is 26.0 Å². The maximum Gasteiger partial charge on any atom is 0.153 e. The van der Waals surface area contributed by atoms with Gasteiger partial charge in [-0.3, -0.25) is 0 Å². The van der Waals surface area contributed by atoms with Gasteiger partial charge in [-0.05, 0) is 44.7 Å². The molecule has 0 aromatic carbocycles. The molecule has 1 aliphatic rings. The van der Waals surface area contributed by atoms with Crippen LogP contribution in [0.15, 0.2) is 6.07 Å². The summed E-state index contributed by atoms with van der Waals surface area (Å²) in [7, 11) is -3.06. The van der Waals surface area contributed by atoms with Crippen molar-refractivity contribution in [2.24, 2.45) is 0 Å². The third kappa shape index (κ3) is 3.32. The van der Waals surface area contributed by atoms with Crippen molar-refractivity contribution in [2.75, 3.05) is 12.8 Å². The van der Waals surface area contributed by atoms with Crippen LogP contribution in [0.3, 0.4) is 0 Å². The molecule has 0 amide bonds. The van der Waals surface area contributed by atoms with Crippen molar-refractivity contribution in [3.63, 3.8) is 0 Å². The first-order valence-corrected chi connectivity index (χ1v) is 9.50. The molecule has 0 radical (unpaired) electrons. The Kier molecular flexibility index (Phi) is 4.31. The highest BCUT2D eigenvalue weighted by molar-refractivity contribution is 7.92. The number of hydrogen-bond acceptors (Lipinski definition) is 4. The number of hydrogen-bond donors (Lipinski definition) is 1. The van der Waals surface area contributed by atoms with E-state index in [1.165, 1.54) is 16.7 Å². The first-order valence-electron chi connectivity index (χ1n) is 6.42. The Morgan fingerprint density at radius 3 is 2.84 bits per heavy atom.